The summed E-state index contributed by atoms with van der Waals surface area (Å²) >= 11 is 0. The summed E-state index contributed by atoms with van der Waals surface area (Å²) in [6, 6.07) is 2.58. The van der Waals surface area contributed by atoms with E-state index in [9.17, 15) is 34.5 Å². The van der Waals surface area contributed by atoms with Crippen LogP contribution in [0, 0.1) is 0 Å². The predicted octanol–water partition coefficient (Wildman–Crippen LogP) is 0.915. The molecule has 2 aromatic carbocycles. The Balaban J connectivity index is 1.49. The number of esters is 1. The predicted molar refractivity (Wildman–Crippen MR) is 134 cm³/mol. The molecule has 0 aromatic heterocycles. The fourth-order valence-corrected chi connectivity index (χ4v) is 7.10. The number of benzene rings is 2. The number of aromatic hydroxyl groups is 2. The molecule has 13 nitrogen and oxygen atoms in total. The Morgan fingerprint density at radius 1 is 1.07 bits per heavy atom. The minimum atomic E-state index is -2.48. The van der Waals surface area contributed by atoms with Gasteiger partial charge in [-0.2, -0.15) is 0 Å². The molecule has 0 saturated carbocycles. The number of rotatable bonds is 3. The summed E-state index contributed by atoms with van der Waals surface area (Å²) < 4.78 is 29.4. The number of aliphatic hydroxyl groups is 1. The molecule has 5 aliphatic rings. The molecule has 1 unspecified atom stereocenters. The van der Waals surface area contributed by atoms with Crippen LogP contribution in [0.5, 0.6) is 11.5 Å². The highest BCUT2D eigenvalue weighted by molar-refractivity contribution is 6.28. The van der Waals surface area contributed by atoms with Gasteiger partial charge in [0.1, 0.15) is 17.9 Å². The molecule has 7 rings (SSSR count). The standard InChI is InChI=1S/C28H27NO12/c1-11-15(30)4-5-18(39-11)41-26-10-38-27(37-3)8-17(32)40-28(26,27)24(35)21-13(23(26)34)6-12-7-16(31)20-14(19(12)22(21)33)9-29(2)25(20)36/h6-7,11,15,18,30-31,33H,4-5,8-10H2,1-3H3/t11?,15-,18-,26+,27-,28-/m0/s1. The quantitative estimate of drug-likeness (QED) is 0.446. The lowest BCUT2D eigenvalue weighted by molar-refractivity contribution is -0.277. The van der Waals surface area contributed by atoms with Gasteiger partial charge in [-0.25, -0.2) is 0 Å². The molecule has 4 heterocycles. The van der Waals surface area contributed by atoms with Crippen LogP contribution < -0.4 is 0 Å². The molecule has 3 N–H and O–H groups in total. The smallest absolute Gasteiger partial charge is 0.312 e. The number of phenolic OH excluding ortho intramolecular Hbond substituents is 2. The van der Waals surface area contributed by atoms with E-state index in [2.05, 4.69) is 0 Å². The van der Waals surface area contributed by atoms with Crippen LogP contribution in [0.15, 0.2) is 12.1 Å². The summed E-state index contributed by atoms with van der Waals surface area (Å²) in [5, 5.41) is 32.8. The molecule has 0 bridgehead atoms. The first-order chi connectivity index (χ1) is 19.4. The lowest BCUT2D eigenvalue weighted by Gasteiger charge is -2.47. The molecule has 216 valence electrons. The Morgan fingerprint density at radius 3 is 2.54 bits per heavy atom. The first-order valence-corrected chi connectivity index (χ1v) is 13.2. The number of carbonyl (C=O) groups is 4. The van der Waals surface area contributed by atoms with Crippen LogP contribution in [-0.4, -0.2) is 99.9 Å². The van der Waals surface area contributed by atoms with Crippen LogP contribution in [0.1, 0.15) is 62.8 Å². The van der Waals surface area contributed by atoms with Gasteiger partial charge in [-0.05, 0) is 36.4 Å². The highest BCUT2D eigenvalue weighted by Crippen LogP contribution is 2.61. The third kappa shape index (κ3) is 2.97. The lowest BCUT2D eigenvalue weighted by atomic mass is 9.65. The summed E-state index contributed by atoms with van der Waals surface area (Å²) in [7, 11) is 2.73. The van der Waals surface area contributed by atoms with E-state index in [1.807, 2.05) is 0 Å². The minimum Gasteiger partial charge on any atom is -0.507 e. The van der Waals surface area contributed by atoms with Gasteiger partial charge in [0, 0.05) is 38.1 Å². The summed E-state index contributed by atoms with van der Waals surface area (Å²) in [5.41, 5.74) is -5.16. The first kappa shape index (κ1) is 26.3. The number of aliphatic hydroxyl groups excluding tert-OH is 1. The molecule has 1 amide bonds. The molecule has 0 radical (unpaired) electrons. The average Bonchev–Trinajstić information content (AvgIpc) is 3.50. The molecule has 6 atom stereocenters. The maximum atomic E-state index is 14.6. The summed E-state index contributed by atoms with van der Waals surface area (Å²) in [4.78, 5) is 56.1. The van der Waals surface area contributed by atoms with Crippen LogP contribution in [0.25, 0.3) is 10.8 Å². The van der Waals surface area contributed by atoms with Crippen LogP contribution >= 0.6 is 0 Å². The van der Waals surface area contributed by atoms with Crippen molar-refractivity contribution in [3.63, 3.8) is 0 Å². The van der Waals surface area contributed by atoms with Crippen molar-refractivity contribution in [1.82, 2.24) is 4.90 Å². The highest BCUT2D eigenvalue weighted by atomic mass is 16.8. The van der Waals surface area contributed by atoms with Crippen molar-refractivity contribution in [3.8, 4) is 11.5 Å². The number of fused-ring (bicyclic) bond motifs is 4. The number of methoxy groups -OCH3 is 1. The van der Waals surface area contributed by atoms with Gasteiger partial charge in [0.15, 0.2) is 6.29 Å². The van der Waals surface area contributed by atoms with Crippen molar-refractivity contribution in [3.05, 3.63) is 34.4 Å². The summed E-state index contributed by atoms with van der Waals surface area (Å²) in [5.74, 6) is -6.14. The molecule has 41 heavy (non-hydrogen) atoms. The van der Waals surface area contributed by atoms with Gasteiger partial charge < -0.3 is 43.9 Å². The Kier molecular flexibility index (Phi) is 5.28. The number of phenols is 2. The molecule has 1 aliphatic carbocycles. The Hall–Kier alpha value is -3.62. The van der Waals surface area contributed by atoms with Crippen molar-refractivity contribution >= 4 is 34.2 Å². The molecular weight excluding hydrogens is 542 g/mol. The largest absolute Gasteiger partial charge is 0.507 e. The molecule has 3 saturated heterocycles. The fraction of sp³-hybridized carbons (Fsp3) is 0.500. The van der Waals surface area contributed by atoms with Crippen molar-refractivity contribution in [1.29, 1.82) is 0 Å². The number of carbonyl (C=O) groups excluding carboxylic acids is 4. The van der Waals surface area contributed by atoms with Gasteiger partial charge >= 0.3 is 5.97 Å². The Morgan fingerprint density at radius 2 is 1.83 bits per heavy atom. The van der Waals surface area contributed by atoms with Gasteiger partial charge in [-0.1, -0.05) is 0 Å². The molecular formula is C28H27NO12. The maximum Gasteiger partial charge on any atom is 0.312 e. The number of ether oxygens (including phenoxy) is 5. The SMILES string of the molecule is CO[C@]12CC(=O)O[C@]13C(=O)c1c(cc4cc(O)c5c(c4c1O)CN(C)C5=O)C(=O)[C@]3(O[C@H]1CC[C@H](O)C(C)O1)CO2. The summed E-state index contributed by atoms with van der Waals surface area (Å²) in [6.07, 6.45) is -2.58. The number of nitrogens with zero attached hydrogens (tertiary/aromatic N) is 1. The first-order valence-electron chi connectivity index (χ1n) is 13.2. The van der Waals surface area contributed by atoms with Crippen molar-refractivity contribution in [2.45, 2.75) is 68.2 Å². The fourth-order valence-electron chi connectivity index (χ4n) is 7.10. The number of amides is 1. The van der Waals surface area contributed by atoms with E-state index < -0.39 is 83.3 Å². The molecule has 4 aliphatic heterocycles. The minimum absolute atomic E-state index is 0.0193. The number of hydrogen-bond donors (Lipinski definition) is 3. The van der Waals surface area contributed by atoms with Crippen LogP contribution in [-0.2, 0) is 35.0 Å². The second kappa shape index (κ2) is 8.23. The van der Waals surface area contributed by atoms with Crippen molar-refractivity contribution in [2.24, 2.45) is 0 Å². The third-order valence-electron chi connectivity index (χ3n) is 9.12. The lowest BCUT2D eigenvalue weighted by Crippen LogP contribution is -2.73. The highest BCUT2D eigenvalue weighted by Gasteiger charge is 2.86. The Bertz CT molecular complexity index is 1600. The maximum absolute atomic E-state index is 14.6. The Labute approximate surface area is 232 Å². The molecule has 2 aromatic rings. The van der Waals surface area contributed by atoms with Gasteiger partial charge in [0.05, 0.1) is 29.9 Å². The zero-order chi connectivity index (χ0) is 29.2. The molecule has 13 heteroatoms. The number of Topliss-reactive ketones (excluding diaryl/α,β-unsaturated/α-hetero) is 2. The van der Waals surface area contributed by atoms with E-state index in [0.29, 0.717) is 0 Å². The van der Waals surface area contributed by atoms with E-state index in [1.165, 1.54) is 31.2 Å². The summed E-state index contributed by atoms with van der Waals surface area (Å²) in [6.45, 7) is 1.13. The van der Waals surface area contributed by atoms with Crippen molar-refractivity contribution < 1.29 is 58.2 Å². The van der Waals surface area contributed by atoms with Crippen LogP contribution in [0.3, 0.4) is 0 Å². The second-order valence-corrected chi connectivity index (χ2v) is 11.3. The van der Waals surface area contributed by atoms with E-state index >= 15 is 0 Å². The molecule has 3 fully saturated rings. The number of ketones is 2. The van der Waals surface area contributed by atoms with E-state index in [-0.39, 0.29) is 52.6 Å². The van der Waals surface area contributed by atoms with Gasteiger partial charge in [0.25, 0.3) is 11.5 Å². The topological polar surface area (TPSA) is 178 Å². The van der Waals surface area contributed by atoms with E-state index in [1.54, 1.807) is 6.92 Å². The van der Waals surface area contributed by atoms with E-state index in [4.69, 9.17) is 23.7 Å². The zero-order valence-electron chi connectivity index (χ0n) is 22.4. The van der Waals surface area contributed by atoms with Crippen LogP contribution in [0.2, 0.25) is 0 Å². The second-order valence-electron chi connectivity index (χ2n) is 11.3. The third-order valence-corrected chi connectivity index (χ3v) is 9.12. The normalized spacial score (nSPS) is 35.9. The van der Waals surface area contributed by atoms with Gasteiger partial charge in [0.2, 0.25) is 23.0 Å². The molecule has 1 spiro atoms. The average molecular weight is 570 g/mol. The van der Waals surface area contributed by atoms with Crippen LogP contribution in [0.4, 0.5) is 0 Å². The van der Waals surface area contributed by atoms with E-state index in [0.717, 1.165) is 0 Å². The van der Waals surface area contributed by atoms with Gasteiger partial charge in [-0.3, -0.25) is 19.2 Å². The number of hydrogen-bond acceptors (Lipinski definition) is 12. The van der Waals surface area contributed by atoms with Gasteiger partial charge in [-0.15, -0.1) is 0 Å². The van der Waals surface area contributed by atoms with Crippen molar-refractivity contribution in [2.75, 3.05) is 20.8 Å². The zero-order valence-corrected chi connectivity index (χ0v) is 22.4. The monoisotopic (exact) mass is 569 g/mol.